The second kappa shape index (κ2) is 4.30. The summed E-state index contributed by atoms with van der Waals surface area (Å²) in [6.07, 6.45) is 6.00. The van der Waals surface area contributed by atoms with Crippen LogP contribution >= 0.6 is 0 Å². The van der Waals surface area contributed by atoms with E-state index in [-0.39, 0.29) is 11.7 Å². The molecule has 86 valence electrons. The number of hydrogen-bond donors (Lipinski definition) is 1. The lowest BCUT2D eigenvalue weighted by Crippen LogP contribution is -2.25. The van der Waals surface area contributed by atoms with Crippen LogP contribution in [0.3, 0.4) is 0 Å². The molecule has 1 aromatic rings. The number of carboxylic acid groups (broad SMARTS) is 1. The van der Waals surface area contributed by atoms with Crippen LogP contribution in [-0.4, -0.2) is 30.9 Å². The van der Waals surface area contributed by atoms with E-state index in [1.54, 1.807) is 0 Å². The highest BCUT2D eigenvalue weighted by Gasteiger charge is 2.20. The molecule has 1 aromatic heterocycles. The maximum Gasteiger partial charge on any atom is 0.368 e. The molecule has 0 radical (unpaired) electrons. The summed E-state index contributed by atoms with van der Waals surface area (Å²) in [6, 6.07) is 0.111. The van der Waals surface area contributed by atoms with Gasteiger partial charge in [0.2, 0.25) is 0 Å². The van der Waals surface area contributed by atoms with Gasteiger partial charge in [0.25, 0.3) is 0 Å². The third kappa shape index (κ3) is 2.02. The molecule has 1 aliphatic carbocycles. The molecule has 0 spiro atoms. The van der Waals surface area contributed by atoms with Gasteiger partial charge in [0.15, 0.2) is 0 Å². The van der Waals surface area contributed by atoms with Gasteiger partial charge < -0.3 is 5.11 Å². The summed E-state index contributed by atoms with van der Waals surface area (Å²) < 4.78 is 2.27. The smallest absolute Gasteiger partial charge is 0.368 e. The Morgan fingerprint density at radius 1 is 1.38 bits per heavy atom. The Morgan fingerprint density at radius 2 is 2.06 bits per heavy atom. The molecule has 1 fully saturated rings. The fourth-order valence-electron chi connectivity index (χ4n) is 1.87. The van der Waals surface area contributed by atoms with Crippen molar-refractivity contribution in [3.63, 3.8) is 0 Å². The highest BCUT2D eigenvalue weighted by Crippen LogP contribution is 2.26. The van der Waals surface area contributed by atoms with Crippen LogP contribution < -0.4 is 5.69 Å². The van der Waals surface area contributed by atoms with Crippen molar-refractivity contribution in [1.29, 1.82) is 0 Å². The largest absolute Gasteiger partial charge is 0.478 e. The molecule has 1 saturated carbocycles. The quantitative estimate of drug-likeness (QED) is 0.736. The van der Waals surface area contributed by atoms with Crippen LogP contribution in [0, 0.1) is 0 Å². The maximum absolute atomic E-state index is 11.7. The van der Waals surface area contributed by atoms with Gasteiger partial charge in [0.05, 0.1) is 6.04 Å². The summed E-state index contributed by atoms with van der Waals surface area (Å²) in [5.41, 5.74) is -0.385. The molecule has 0 saturated heterocycles. The Hall–Kier alpha value is -1.92. The molecule has 16 heavy (non-hydrogen) atoms. The molecule has 1 aliphatic rings. The first-order chi connectivity index (χ1) is 7.68. The predicted octanol–water partition coefficient (Wildman–Crippen LogP) is 0.110. The summed E-state index contributed by atoms with van der Waals surface area (Å²) in [5, 5.41) is 15.8. The highest BCUT2D eigenvalue weighted by molar-refractivity contribution is 5.82. The lowest BCUT2D eigenvalue weighted by molar-refractivity contribution is -0.131. The molecule has 0 amide bonds. The molecule has 2 rings (SSSR count). The minimum Gasteiger partial charge on any atom is -0.478 e. The number of nitrogens with zero attached hydrogens (tertiary/aromatic N) is 4. The molecular weight excluding hydrogens is 212 g/mol. The van der Waals surface area contributed by atoms with E-state index >= 15 is 0 Å². The highest BCUT2D eigenvalue weighted by atomic mass is 16.4. The van der Waals surface area contributed by atoms with Crippen LogP contribution in [0.5, 0.6) is 0 Å². The van der Waals surface area contributed by atoms with Gasteiger partial charge in [-0.2, -0.15) is 9.36 Å². The predicted molar refractivity (Wildman–Crippen MR) is 54.8 cm³/mol. The van der Waals surface area contributed by atoms with Crippen LogP contribution in [0.15, 0.2) is 10.9 Å². The van der Waals surface area contributed by atoms with E-state index in [1.165, 1.54) is 4.68 Å². The molecule has 0 atom stereocenters. The average molecular weight is 224 g/mol. The van der Waals surface area contributed by atoms with Crippen LogP contribution in [0.1, 0.15) is 31.7 Å². The topological polar surface area (TPSA) is 90.0 Å². The van der Waals surface area contributed by atoms with E-state index in [2.05, 4.69) is 10.4 Å². The zero-order valence-electron chi connectivity index (χ0n) is 8.61. The first-order valence-electron chi connectivity index (χ1n) is 5.13. The summed E-state index contributed by atoms with van der Waals surface area (Å²) in [6.45, 7) is 0. The Labute approximate surface area is 91.0 Å². The van der Waals surface area contributed by atoms with Crippen LogP contribution in [0.25, 0.3) is 6.20 Å². The molecule has 0 aliphatic heterocycles. The van der Waals surface area contributed by atoms with Gasteiger partial charge in [-0.15, -0.1) is 0 Å². The Morgan fingerprint density at radius 3 is 2.69 bits per heavy atom. The second-order valence-electron chi connectivity index (χ2n) is 3.74. The number of hydrogen-bond acceptors (Lipinski definition) is 4. The summed E-state index contributed by atoms with van der Waals surface area (Å²) in [7, 11) is 0. The molecule has 7 heteroatoms. The number of aromatic nitrogens is 4. The Bertz CT molecular complexity index is 467. The molecular formula is C9H12N4O3. The van der Waals surface area contributed by atoms with Crippen molar-refractivity contribution >= 4 is 12.2 Å². The fraction of sp³-hybridized carbons (Fsp3) is 0.556. The third-order valence-electron chi connectivity index (χ3n) is 2.65. The molecule has 0 aromatic carbocycles. The summed E-state index contributed by atoms with van der Waals surface area (Å²) in [5.74, 6) is -1.12. The van der Waals surface area contributed by atoms with Gasteiger partial charge in [-0.05, 0) is 23.3 Å². The zero-order valence-corrected chi connectivity index (χ0v) is 8.61. The van der Waals surface area contributed by atoms with Gasteiger partial charge in [-0.3, -0.25) is 0 Å². The fourth-order valence-corrected chi connectivity index (χ4v) is 1.87. The zero-order chi connectivity index (χ0) is 11.5. The van der Waals surface area contributed by atoms with Crippen LogP contribution in [-0.2, 0) is 4.79 Å². The van der Waals surface area contributed by atoms with E-state index in [4.69, 9.17) is 5.11 Å². The molecule has 7 nitrogen and oxygen atoms in total. The van der Waals surface area contributed by atoms with Crippen molar-refractivity contribution in [2.45, 2.75) is 31.7 Å². The lowest BCUT2D eigenvalue weighted by atomic mass is 10.3. The van der Waals surface area contributed by atoms with Gasteiger partial charge in [-0.25, -0.2) is 9.59 Å². The van der Waals surface area contributed by atoms with Crippen molar-refractivity contribution in [2.75, 3.05) is 0 Å². The lowest BCUT2D eigenvalue weighted by Gasteiger charge is -2.04. The summed E-state index contributed by atoms with van der Waals surface area (Å²) in [4.78, 5) is 22.0. The SMILES string of the molecule is O=C(O)C=Cn1nnn(C2CCCC2)c1=O. The van der Waals surface area contributed by atoms with Gasteiger partial charge >= 0.3 is 11.7 Å². The first kappa shape index (κ1) is 10.6. The van der Waals surface area contributed by atoms with Crippen molar-refractivity contribution in [3.8, 4) is 0 Å². The molecule has 1 heterocycles. The maximum atomic E-state index is 11.7. The minimum atomic E-state index is -1.12. The van der Waals surface area contributed by atoms with Gasteiger partial charge in [0.1, 0.15) is 0 Å². The van der Waals surface area contributed by atoms with Crippen molar-refractivity contribution in [3.05, 3.63) is 16.6 Å². The second-order valence-corrected chi connectivity index (χ2v) is 3.74. The van der Waals surface area contributed by atoms with Crippen LogP contribution in [0.2, 0.25) is 0 Å². The molecule has 1 N–H and O–H groups in total. The number of tetrazole rings is 1. The summed E-state index contributed by atoms with van der Waals surface area (Å²) >= 11 is 0. The number of carbonyl (C=O) groups is 1. The number of aliphatic carboxylic acids is 1. The van der Waals surface area contributed by atoms with Gasteiger partial charge in [0, 0.05) is 12.3 Å². The Balaban J connectivity index is 2.23. The average Bonchev–Trinajstić information content (AvgIpc) is 2.84. The van der Waals surface area contributed by atoms with Crippen molar-refractivity contribution < 1.29 is 9.90 Å². The van der Waals surface area contributed by atoms with Gasteiger partial charge in [-0.1, -0.05) is 12.8 Å². The van der Waals surface area contributed by atoms with E-state index in [0.29, 0.717) is 0 Å². The third-order valence-corrected chi connectivity index (χ3v) is 2.65. The van der Waals surface area contributed by atoms with Crippen molar-refractivity contribution in [2.24, 2.45) is 0 Å². The standard InChI is InChI=1S/C9H12N4O3/c14-8(15)5-6-12-9(16)13(11-10-12)7-3-1-2-4-7/h5-7H,1-4H2,(H,14,15). The van der Waals surface area contributed by atoms with E-state index in [1.807, 2.05) is 0 Å². The number of carboxylic acids is 1. The van der Waals surface area contributed by atoms with Crippen molar-refractivity contribution in [1.82, 2.24) is 19.8 Å². The monoisotopic (exact) mass is 224 g/mol. The van der Waals surface area contributed by atoms with E-state index in [9.17, 15) is 9.59 Å². The minimum absolute atomic E-state index is 0.111. The molecule has 0 bridgehead atoms. The molecule has 0 unspecified atom stereocenters. The van der Waals surface area contributed by atoms with Crippen LogP contribution in [0.4, 0.5) is 0 Å². The normalized spacial score (nSPS) is 17.2. The van der Waals surface area contributed by atoms with E-state index < -0.39 is 5.97 Å². The first-order valence-corrected chi connectivity index (χ1v) is 5.13. The number of rotatable bonds is 3. The Kier molecular flexibility index (Phi) is 2.84. The van der Waals surface area contributed by atoms with E-state index in [0.717, 1.165) is 42.6 Å².